The Hall–Kier alpha value is -2.09. The van der Waals surface area contributed by atoms with Gasteiger partial charge >= 0.3 is 5.97 Å². The van der Waals surface area contributed by atoms with Gasteiger partial charge in [-0.25, -0.2) is 8.42 Å². The van der Waals surface area contributed by atoms with Crippen molar-refractivity contribution in [2.45, 2.75) is 20.3 Å². The number of amides is 1. The number of carbonyl (C=O) groups is 2. The first kappa shape index (κ1) is 16.8. The standard InChI is InChI=1S/C16H20N2O5S/c1-16(2)12(13(16)15(20)21)14(19)17-10-4-6-11(7-5-10)18-8-3-9-24(18,22)23/h4-7,12-13H,3,8-9H2,1-2H3,(H,17,19)(H,20,21)/t12-,13-/m1/s1. The fourth-order valence-corrected chi connectivity index (χ4v) is 5.01. The molecule has 0 bridgehead atoms. The average Bonchev–Trinajstić information content (AvgIpc) is 2.90. The fourth-order valence-electron chi connectivity index (χ4n) is 3.45. The molecule has 2 aliphatic rings. The van der Waals surface area contributed by atoms with E-state index in [4.69, 9.17) is 5.11 Å². The Kier molecular flexibility index (Phi) is 3.82. The Labute approximate surface area is 140 Å². The van der Waals surface area contributed by atoms with Crippen LogP contribution < -0.4 is 9.62 Å². The van der Waals surface area contributed by atoms with Crippen molar-refractivity contribution in [1.29, 1.82) is 0 Å². The maximum Gasteiger partial charge on any atom is 0.307 e. The number of nitrogens with one attached hydrogen (secondary N) is 1. The van der Waals surface area contributed by atoms with Crippen LogP contribution in [0.15, 0.2) is 24.3 Å². The Morgan fingerprint density at radius 1 is 1.21 bits per heavy atom. The summed E-state index contributed by atoms with van der Waals surface area (Å²) in [5.74, 6) is -2.37. The number of anilines is 2. The molecule has 1 heterocycles. The second-order valence-electron chi connectivity index (χ2n) is 6.89. The minimum Gasteiger partial charge on any atom is -0.481 e. The molecular formula is C16H20N2O5S. The predicted molar refractivity (Wildman–Crippen MR) is 89.2 cm³/mol. The molecule has 0 aromatic heterocycles. The summed E-state index contributed by atoms with van der Waals surface area (Å²) in [5.41, 5.74) is 0.535. The summed E-state index contributed by atoms with van der Waals surface area (Å²) in [7, 11) is -3.23. The van der Waals surface area contributed by atoms with Crippen LogP contribution in [0.4, 0.5) is 11.4 Å². The Balaban J connectivity index is 1.69. The van der Waals surface area contributed by atoms with Crippen molar-refractivity contribution in [2.75, 3.05) is 21.9 Å². The molecule has 1 amide bonds. The van der Waals surface area contributed by atoms with E-state index in [1.807, 2.05) is 0 Å². The molecule has 24 heavy (non-hydrogen) atoms. The Bertz CT molecular complexity index is 785. The van der Waals surface area contributed by atoms with Gasteiger partial charge in [0.1, 0.15) is 0 Å². The van der Waals surface area contributed by atoms with Crippen LogP contribution in [0.2, 0.25) is 0 Å². The molecule has 3 rings (SSSR count). The minimum atomic E-state index is -3.23. The first-order valence-corrected chi connectivity index (χ1v) is 9.39. The largest absolute Gasteiger partial charge is 0.481 e. The average molecular weight is 352 g/mol. The second kappa shape index (κ2) is 5.47. The zero-order valence-corrected chi connectivity index (χ0v) is 14.3. The summed E-state index contributed by atoms with van der Waals surface area (Å²) in [4.78, 5) is 23.4. The minimum absolute atomic E-state index is 0.152. The van der Waals surface area contributed by atoms with Crippen LogP contribution in [0.1, 0.15) is 20.3 Å². The molecule has 1 aromatic rings. The van der Waals surface area contributed by atoms with Crippen molar-refractivity contribution in [3.8, 4) is 0 Å². The van der Waals surface area contributed by atoms with Gasteiger partial charge in [-0.1, -0.05) is 13.8 Å². The maximum atomic E-state index is 12.3. The van der Waals surface area contributed by atoms with Crippen molar-refractivity contribution in [3.63, 3.8) is 0 Å². The normalized spacial score (nSPS) is 26.8. The van der Waals surface area contributed by atoms with E-state index in [1.54, 1.807) is 38.1 Å². The molecule has 2 atom stereocenters. The van der Waals surface area contributed by atoms with Gasteiger partial charge < -0.3 is 10.4 Å². The first-order chi connectivity index (χ1) is 11.1. The van der Waals surface area contributed by atoms with Gasteiger partial charge in [-0.05, 0) is 36.1 Å². The SMILES string of the molecule is CC1(C)[C@@H](C(=O)O)[C@@H]1C(=O)Nc1ccc(N2CCCS2(=O)=O)cc1. The van der Waals surface area contributed by atoms with Gasteiger partial charge in [0.2, 0.25) is 15.9 Å². The predicted octanol–water partition coefficient (Wildman–Crippen LogP) is 1.52. The lowest BCUT2D eigenvalue weighted by atomic mass is 10.1. The van der Waals surface area contributed by atoms with Crippen molar-refractivity contribution < 1.29 is 23.1 Å². The van der Waals surface area contributed by atoms with E-state index < -0.39 is 33.2 Å². The monoisotopic (exact) mass is 352 g/mol. The lowest BCUT2D eigenvalue weighted by Crippen LogP contribution is -2.25. The molecule has 8 heteroatoms. The molecule has 1 aliphatic heterocycles. The second-order valence-corrected chi connectivity index (χ2v) is 8.91. The maximum absolute atomic E-state index is 12.3. The molecule has 2 fully saturated rings. The number of nitrogens with zero attached hydrogens (tertiary/aromatic N) is 1. The molecule has 1 aliphatic carbocycles. The quantitative estimate of drug-likeness (QED) is 0.855. The highest BCUT2D eigenvalue weighted by molar-refractivity contribution is 7.93. The van der Waals surface area contributed by atoms with E-state index in [0.29, 0.717) is 24.3 Å². The molecule has 7 nitrogen and oxygen atoms in total. The van der Waals surface area contributed by atoms with Crippen molar-refractivity contribution in [2.24, 2.45) is 17.3 Å². The van der Waals surface area contributed by atoms with Crippen LogP contribution in [0, 0.1) is 17.3 Å². The van der Waals surface area contributed by atoms with E-state index in [9.17, 15) is 18.0 Å². The fraction of sp³-hybridized carbons (Fsp3) is 0.500. The molecule has 0 unspecified atom stereocenters. The highest BCUT2D eigenvalue weighted by Crippen LogP contribution is 2.58. The third-order valence-corrected chi connectivity index (χ3v) is 6.77. The summed E-state index contributed by atoms with van der Waals surface area (Å²) in [6.07, 6.45) is 0.605. The van der Waals surface area contributed by atoms with Gasteiger partial charge in [-0.2, -0.15) is 0 Å². The Morgan fingerprint density at radius 2 is 1.83 bits per heavy atom. The molecule has 130 valence electrons. The summed E-state index contributed by atoms with van der Waals surface area (Å²) in [6.45, 7) is 3.99. The molecule has 0 spiro atoms. The summed E-state index contributed by atoms with van der Waals surface area (Å²) in [6, 6.07) is 6.55. The van der Waals surface area contributed by atoms with Crippen molar-refractivity contribution >= 4 is 33.3 Å². The van der Waals surface area contributed by atoms with E-state index in [-0.39, 0.29) is 11.7 Å². The number of carboxylic acids is 1. The van der Waals surface area contributed by atoms with E-state index in [1.165, 1.54) is 4.31 Å². The van der Waals surface area contributed by atoms with Crippen LogP contribution in [-0.2, 0) is 19.6 Å². The third-order valence-electron chi connectivity index (χ3n) is 4.90. The number of carboxylic acid groups (broad SMARTS) is 1. The Morgan fingerprint density at radius 3 is 2.29 bits per heavy atom. The number of benzene rings is 1. The lowest BCUT2D eigenvalue weighted by Gasteiger charge is -2.17. The highest BCUT2D eigenvalue weighted by atomic mass is 32.2. The van der Waals surface area contributed by atoms with E-state index in [0.717, 1.165) is 0 Å². The van der Waals surface area contributed by atoms with Gasteiger partial charge in [0.25, 0.3) is 0 Å². The highest BCUT2D eigenvalue weighted by Gasteiger charge is 2.65. The lowest BCUT2D eigenvalue weighted by molar-refractivity contribution is -0.140. The smallest absolute Gasteiger partial charge is 0.307 e. The van der Waals surface area contributed by atoms with Gasteiger partial charge in [-0.15, -0.1) is 0 Å². The topological polar surface area (TPSA) is 104 Å². The van der Waals surface area contributed by atoms with Crippen molar-refractivity contribution in [1.82, 2.24) is 0 Å². The van der Waals surface area contributed by atoms with Crippen LogP contribution in [0.3, 0.4) is 0 Å². The van der Waals surface area contributed by atoms with Crippen LogP contribution >= 0.6 is 0 Å². The van der Waals surface area contributed by atoms with Gasteiger partial charge in [0, 0.05) is 12.2 Å². The molecule has 2 N–H and O–H groups in total. The van der Waals surface area contributed by atoms with Crippen LogP contribution in [0.5, 0.6) is 0 Å². The zero-order valence-electron chi connectivity index (χ0n) is 13.5. The number of rotatable bonds is 4. The van der Waals surface area contributed by atoms with Gasteiger partial charge in [0.15, 0.2) is 0 Å². The third kappa shape index (κ3) is 2.75. The van der Waals surface area contributed by atoms with Crippen LogP contribution in [-0.4, -0.2) is 37.7 Å². The zero-order chi connectivity index (χ0) is 17.7. The number of sulfonamides is 1. The number of hydrogen-bond acceptors (Lipinski definition) is 4. The number of carbonyl (C=O) groups excluding carboxylic acids is 1. The first-order valence-electron chi connectivity index (χ1n) is 7.79. The molecular weight excluding hydrogens is 332 g/mol. The number of hydrogen-bond donors (Lipinski definition) is 2. The number of aliphatic carboxylic acids is 1. The summed E-state index contributed by atoms with van der Waals surface area (Å²) < 4.78 is 25.2. The van der Waals surface area contributed by atoms with E-state index >= 15 is 0 Å². The summed E-state index contributed by atoms with van der Waals surface area (Å²) in [5, 5.41) is 11.9. The molecule has 1 saturated carbocycles. The van der Waals surface area contributed by atoms with E-state index in [2.05, 4.69) is 5.32 Å². The summed E-state index contributed by atoms with van der Waals surface area (Å²) >= 11 is 0. The van der Waals surface area contributed by atoms with Crippen molar-refractivity contribution in [3.05, 3.63) is 24.3 Å². The van der Waals surface area contributed by atoms with Gasteiger partial charge in [-0.3, -0.25) is 13.9 Å². The molecule has 1 aromatic carbocycles. The molecule has 0 radical (unpaired) electrons. The molecule has 1 saturated heterocycles. The van der Waals surface area contributed by atoms with Gasteiger partial charge in [0.05, 0.1) is 23.3 Å². The van der Waals surface area contributed by atoms with Crippen LogP contribution in [0.25, 0.3) is 0 Å².